The summed E-state index contributed by atoms with van der Waals surface area (Å²) in [4.78, 5) is 33.4. The molecule has 0 aromatic carbocycles. The maximum absolute atomic E-state index is 12.7. The van der Waals surface area contributed by atoms with Crippen LogP contribution in [0.4, 0.5) is 0 Å². The summed E-state index contributed by atoms with van der Waals surface area (Å²) in [5, 5.41) is 1.10. The van der Waals surface area contributed by atoms with E-state index in [4.69, 9.17) is 0 Å². The smallest absolute Gasteiger partial charge is 0.262 e. The first-order valence-corrected chi connectivity index (χ1v) is 11.9. The Morgan fingerprint density at radius 2 is 1.96 bits per heavy atom. The lowest BCUT2D eigenvalue weighted by Gasteiger charge is -2.35. The van der Waals surface area contributed by atoms with Gasteiger partial charge in [0.2, 0.25) is 5.91 Å². The number of thioether (sulfide) groups is 1. The monoisotopic (exact) mass is 405 g/mol. The van der Waals surface area contributed by atoms with E-state index < -0.39 is 0 Å². The van der Waals surface area contributed by atoms with Crippen LogP contribution in [0.3, 0.4) is 0 Å². The Bertz CT molecular complexity index is 656. The van der Waals surface area contributed by atoms with E-state index in [0.717, 1.165) is 61.6 Å². The minimum atomic E-state index is -0.382. The molecule has 2 bridgehead atoms. The number of piperidine rings is 1. The average molecular weight is 406 g/mol. The van der Waals surface area contributed by atoms with Gasteiger partial charge in [-0.25, -0.2) is 4.99 Å². The molecule has 4 aliphatic rings. The molecule has 0 aromatic rings. The van der Waals surface area contributed by atoms with Crippen molar-refractivity contribution in [3.8, 4) is 0 Å². The molecule has 2 aliphatic heterocycles. The third-order valence-corrected chi connectivity index (χ3v) is 8.73. The van der Waals surface area contributed by atoms with Gasteiger partial charge >= 0.3 is 0 Å². The fourth-order valence-corrected chi connectivity index (χ4v) is 7.33. The number of likely N-dealkylation sites (tertiary alicyclic amines) is 1. The molecule has 2 amide bonds. The summed E-state index contributed by atoms with van der Waals surface area (Å²) in [7, 11) is 3.87. The predicted molar refractivity (Wildman–Crippen MR) is 114 cm³/mol. The van der Waals surface area contributed by atoms with Crippen LogP contribution in [-0.4, -0.2) is 65.1 Å². The lowest BCUT2D eigenvalue weighted by atomic mass is 9.86. The normalized spacial score (nSPS) is 35.9. The minimum Gasteiger partial charge on any atom is -0.342 e. The molecule has 156 valence electrons. The molecule has 2 heterocycles. The van der Waals surface area contributed by atoms with Gasteiger partial charge in [-0.2, -0.15) is 0 Å². The Kier molecular flexibility index (Phi) is 5.90. The van der Waals surface area contributed by atoms with Crippen LogP contribution in [0, 0.1) is 23.7 Å². The first kappa shape index (κ1) is 20.4. The van der Waals surface area contributed by atoms with Crippen LogP contribution in [0.5, 0.6) is 0 Å². The summed E-state index contributed by atoms with van der Waals surface area (Å²) >= 11 is 1.76. The SMILES string of the molecule is CN(C)CC(=O)N1CCC(CC2(C)SC(C[C@H]3C[C@@H]4CC[C@H]3C4)=NC2=O)CC1. The van der Waals surface area contributed by atoms with Crippen LogP contribution in [0.2, 0.25) is 0 Å². The van der Waals surface area contributed by atoms with Gasteiger partial charge in [0.25, 0.3) is 5.91 Å². The molecule has 2 aliphatic carbocycles. The highest BCUT2D eigenvalue weighted by atomic mass is 32.2. The molecule has 3 fully saturated rings. The number of likely N-dealkylation sites (N-methyl/N-ethyl adjacent to an activating group) is 1. The second-order valence-corrected chi connectivity index (χ2v) is 11.6. The van der Waals surface area contributed by atoms with Crippen LogP contribution < -0.4 is 0 Å². The van der Waals surface area contributed by atoms with E-state index in [1.54, 1.807) is 11.8 Å². The van der Waals surface area contributed by atoms with Gasteiger partial charge < -0.3 is 9.80 Å². The number of hydrogen-bond acceptors (Lipinski definition) is 4. The molecule has 4 rings (SSSR count). The molecular weight excluding hydrogens is 370 g/mol. The Labute approximate surface area is 173 Å². The maximum Gasteiger partial charge on any atom is 0.262 e. The number of carbonyl (C=O) groups excluding carboxylic acids is 2. The van der Waals surface area contributed by atoms with Gasteiger partial charge in [-0.15, -0.1) is 0 Å². The lowest BCUT2D eigenvalue weighted by Crippen LogP contribution is -2.44. The van der Waals surface area contributed by atoms with Crippen LogP contribution in [0.15, 0.2) is 4.99 Å². The van der Waals surface area contributed by atoms with Crippen LogP contribution in [0.25, 0.3) is 0 Å². The van der Waals surface area contributed by atoms with Gasteiger partial charge in [-0.3, -0.25) is 9.59 Å². The van der Waals surface area contributed by atoms with Crippen molar-refractivity contribution in [1.29, 1.82) is 0 Å². The fraction of sp³-hybridized carbons (Fsp3) is 0.864. The molecule has 5 nitrogen and oxygen atoms in total. The number of hydrogen-bond donors (Lipinski definition) is 0. The first-order valence-electron chi connectivity index (χ1n) is 11.1. The van der Waals surface area contributed by atoms with Crippen LogP contribution >= 0.6 is 11.8 Å². The Morgan fingerprint density at radius 3 is 2.57 bits per heavy atom. The second-order valence-electron chi connectivity index (χ2n) is 10.0. The van der Waals surface area contributed by atoms with E-state index in [0.29, 0.717) is 12.5 Å². The number of rotatable bonds is 6. The van der Waals surface area contributed by atoms with Gasteiger partial charge in [0, 0.05) is 13.1 Å². The van der Waals surface area contributed by atoms with Gasteiger partial charge in [-0.05, 0) is 89.6 Å². The highest BCUT2D eigenvalue weighted by Gasteiger charge is 2.45. The van der Waals surface area contributed by atoms with Gasteiger partial charge in [0.05, 0.1) is 11.6 Å². The highest BCUT2D eigenvalue weighted by Crippen LogP contribution is 2.51. The molecule has 2 saturated carbocycles. The number of aliphatic imine (C=N–C) groups is 1. The molecule has 4 atom stereocenters. The summed E-state index contributed by atoms with van der Waals surface area (Å²) in [6.07, 6.45) is 9.53. The van der Waals surface area contributed by atoms with Gasteiger partial charge in [-0.1, -0.05) is 18.2 Å². The maximum atomic E-state index is 12.7. The molecule has 0 N–H and O–H groups in total. The van der Waals surface area contributed by atoms with E-state index in [-0.39, 0.29) is 16.6 Å². The van der Waals surface area contributed by atoms with Crippen molar-refractivity contribution in [1.82, 2.24) is 9.80 Å². The summed E-state index contributed by atoms with van der Waals surface area (Å²) in [6, 6.07) is 0. The molecule has 6 heteroatoms. The number of nitrogens with zero attached hydrogens (tertiary/aromatic N) is 3. The Balaban J connectivity index is 1.26. The molecule has 1 saturated heterocycles. The molecule has 0 aromatic heterocycles. The summed E-state index contributed by atoms with van der Waals surface area (Å²) in [5.74, 6) is 3.43. The standard InChI is InChI=1S/C22H35N3O2S/c1-22(13-15-6-8-25(9-7-15)20(26)14-24(2)3)21(27)23-19(28-22)12-18-11-16-4-5-17(18)10-16/h15-18H,4-14H2,1-3H3/t16-,17+,18-,22?/m1/s1. The third kappa shape index (κ3) is 4.33. The molecule has 1 unspecified atom stereocenters. The van der Waals surface area contributed by atoms with E-state index in [1.165, 1.54) is 25.7 Å². The predicted octanol–water partition coefficient (Wildman–Crippen LogP) is 3.43. The zero-order chi connectivity index (χ0) is 19.9. The first-order chi connectivity index (χ1) is 13.3. The lowest BCUT2D eigenvalue weighted by molar-refractivity contribution is -0.133. The third-order valence-electron chi connectivity index (χ3n) is 7.44. The number of carbonyl (C=O) groups is 2. The number of amides is 2. The van der Waals surface area contributed by atoms with E-state index in [2.05, 4.69) is 11.9 Å². The van der Waals surface area contributed by atoms with Crippen molar-refractivity contribution in [2.45, 2.75) is 63.0 Å². The number of fused-ring (bicyclic) bond motifs is 2. The fourth-order valence-electron chi connectivity index (χ4n) is 5.93. The molecule has 0 radical (unpaired) electrons. The Morgan fingerprint density at radius 1 is 1.21 bits per heavy atom. The van der Waals surface area contributed by atoms with Crippen molar-refractivity contribution in [2.24, 2.45) is 28.7 Å². The molecular formula is C22H35N3O2S. The molecule has 28 heavy (non-hydrogen) atoms. The van der Waals surface area contributed by atoms with Crippen molar-refractivity contribution in [3.05, 3.63) is 0 Å². The minimum absolute atomic E-state index is 0.0850. The average Bonchev–Trinajstić information content (AvgIpc) is 3.30. The van der Waals surface area contributed by atoms with Gasteiger partial charge in [0.1, 0.15) is 4.75 Å². The Hall–Kier alpha value is -0.880. The van der Waals surface area contributed by atoms with Crippen molar-refractivity contribution >= 4 is 28.6 Å². The summed E-state index contributed by atoms with van der Waals surface area (Å²) in [5.41, 5.74) is 0. The second kappa shape index (κ2) is 8.10. The highest BCUT2D eigenvalue weighted by molar-refractivity contribution is 8.16. The van der Waals surface area contributed by atoms with E-state index in [1.807, 2.05) is 23.9 Å². The van der Waals surface area contributed by atoms with Crippen LogP contribution in [0.1, 0.15) is 58.3 Å². The zero-order valence-corrected chi connectivity index (χ0v) is 18.5. The molecule has 0 spiro atoms. The largest absolute Gasteiger partial charge is 0.342 e. The van der Waals surface area contributed by atoms with E-state index in [9.17, 15) is 9.59 Å². The topological polar surface area (TPSA) is 53.0 Å². The van der Waals surface area contributed by atoms with Crippen LogP contribution in [-0.2, 0) is 9.59 Å². The van der Waals surface area contributed by atoms with E-state index >= 15 is 0 Å². The quantitative estimate of drug-likeness (QED) is 0.679. The van der Waals surface area contributed by atoms with Crippen molar-refractivity contribution < 1.29 is 9.59 Å². The van der Waals surface area contributed by atoms with Crippen molar-refractivity contribution in [3.63, 3.8) is 0 Å². The summed E-state index contributed by atoms with van der Waals surface area (Å²) < 4.78 is -0.382. The summed E-state index contributed by atoms with van der Waals surface area (Å²) in [6.45, 7) is 4.23. The zero-order valence-electron chi connectivity index (χ0n) is 17.7. The van der Waals surface area contributed by atoms with Crippen molar-refractivity contribution in [2.75, 3.05) is 33.7 Å². The van der Waals surface area contributed by atoms with Gasteiger partial charge in [0.15, 0.2) is 0 Å².